The Labute approximate surface area is 70.6 Å². The minimum absolute atomic E-state index is 0.157. The first-order valence-electron chi connectivity index (χ1n) is 3.82. The van der Waals surface area contributed by atoms with Crippen molar-refractivity contribution in [2.24, 2.45) is 0 Å². The molecular formula is C8H11NO3. The molecule has 1 N–H and O–H groups in total. The number of ether oxygens (including phenoxy) is 1. The Morgan fingerprint density at radius 1 is 1.83 bits per heavy atom. The van der Waals surface area contributed by atoms with E-state index in [1.54, 1.807) is 0 Å². The molecule has 0 aromatic carbocycles. The molecule has 1 heterocycles. The number of carbonyl (C=O) groups is 2. The van der Waals surface area contributed by atoms with Gasteiger partial charge in [0.15, 0.2) is 6.10 Å². The van der Waals surface area contributed by atoms with Gasteiger partial charge in [-0.2, -0.15) is 0 Å². The van der Waals surface area contributed by atoms with E-state index in [0.29, 0.717) is 13.0 Å². The molecular weight excluding hydrogens is 158 g/mol. The molecule has 1 amide bonds. The molecule has 0 aromatic rings. The van der Waals surface area contributed by atoms with Crippen molar-refractivity contribution >= 4 is 11.9 Å². The number of nitrogens with one attached hydrogen (secondary N) is 1. The first-order valence-corrected chi connectivity index (χ1v) is 3.82. The maximum Gasteiger partial charge on any atom is 0.310 e. The molecule has 1 rings (SSSR count). The van der Waals surface area contributed by atoms with E-state index in [-0.39, 0.29) is 12.3 Å². The van der Waals surface area contributed by atoms with E-state index in [9.17, 15) is 9.59 Å². The van der Waals surface area contributed by atoms with E-state index in [1.807, 2.05) is 0 Å². The fraction of sp³-hybridized carbons (Fsp3) is 0.500. The fourth-order valence-corrected chi connectivity index (χ4v) is 1.01. The highest BCUT2D eigenvalue weighted by Gasteiger charge is 2.27. The van der Waals surface area contributed by atoms with Crippen LogP contribution in [0.4, 0.5) is 0 Å². The Kier molecular flexibility index (Phi) is 2.85. The van der Waals surface area contributed by atoms with Crippen molar-refractivity contribution in [3.63, 3.8) is 0 Å². The van der Waals surface area contributed by atoms with Crippen LogP contribution in [0.5, 0.6) is 0 Å². The fourth-order valence-electron chi connectivity index (χ4n) is 1.01. The number of hydrogen-bond donors (Lipinski definition) is 1. The number of esters is 1. The van der Waals surface area contributed by atoms with Crippen LogP contribution in [0.3, 0.4) is 0 Å². The summed E-state index contributed by atoms with van der Waals surface area (Å²) in [5, 5.41) is 2.58. The second-order valence-corrected chi connectivity index (χ2v) is 2.55. The summed E-state index contributed by atoms with van der Waals surface area (Å²) in [6.07, 6.45) is 1.60. The molecule has 0 aliphatic carbocycles. The van der Waals surface area contributed by atoms with Gasteiger partial charge in [-0.05, 0) is 0 Å². The predicted molar refractivity (Wildman–Crippen MR) is 42.3 cm³/mol. The van der Waals surface area contributed by atoms with E-state index in [2.05, 4.69) is 11.9 Å². The molecule has 1 fully saturated rings. The Hall–Kier alpha value is -1.32. The van der Waals surface area contributed by atoms with E-state index >= 15 is 0 Å². The van der Waals surface area contributed by atoms with Crippen molar-refractivity contribution in [1.82, 2.24) is 5.32 Å². The molecule has 1 unspecified atom stereocenters. The zero-order valence-electron chi connectivity index (χ0n) is 6.71. The van der Waals surface area contributed by atoms with Gasteiger partial charge < -0.3 is 10.1 Å². The lowest BCUT2D eigenvalue weighted by Crippen LogP contribution is -2.27. The molecule has 4 heteroatoms. The van der Waals surface area contributed by atoms with E-state index < -0.39 is 12.1 Å². The molecule has 1 atom stereocenters. The Balaban J connectivity index is 2.34. The van der Waals surface area contributed by atoms with Crippen LogP contribution >= 0.6 is 0 Å². The van der Waals surface area contributed by atoms with Crippen LogP contribution in [0.25, 0.3) is 0 Å². The summed E-state index contributed by atoms with van der Waals surface area (Å²) in [5.74, 6) is -0.598. The average molecular weight is 169 g/mol. The van der Waals surface area contributed by atoms with Crippen LogP contribution in [0.15, 0.2) is 12.7 Å². The summed E-state index contributed by atoms with van der Waals surface area (Å²) in [6.45, 7) is 3.98. The average Bonchev–Trinajstić information content (AvgIpc) is 2.37. The third-order valence-corrected chi connectivity index (χ3v) is 1.58. The normalized spacial score (nSPS) is 21.7. The largest absolute Gasteiger partial charge is 0.452 e. The summed E-state index contributed by atoms with van der Waals surface area (Å²) in [4.78, 5) is 21.8. The first-order chi connectivity index (χ1) is 5.74. The third kappa shape index (κ3) is 2.08. The van der Waals surface area contributed by atoms with Gasteiger partial charge in [-0.15, -0.1) is 6.58 Å². The third-order valence-electron chi connectivity index (χ3n) is 1.58. The summed E-state index contributed by atoms with van der Waals surface area (Å²) in [5.41, 5.74) is 0. The molecule has 1 saturated heterocycles. The lowest BCUT2D eigenvalue weighted by molar-refractivity contribution is -0.153. The molecule has 0 aromatic heterocycles. The van der Waals surface area contributed by atoms with E-state index in [0.717, 1.165) is 0 Å². The van der Waals surface area contributed by atoms with Gasteiger partial charge in [-0.1, -0.05) is 6.08 Å². The number of carbonyl (C=O) groups excluding carboxylic acids is 2. The quantitative estimate of drug-likeness (QED) is 0.477. The highest BCUT2D eigenvalue weighted by molar-refractivity contribution is 5.85. The smallest absolute Gasteiger partial charge is 0.310 e. The SMILES string of the molecule is C=CCC(=O)OC1CCNC1=O. The summed E-state index contributed by atoms with van der Waals surface area (Å²) >= 11 is 0. The maximum absolute atomic E-state index is 10.9. The van der Waals surface area contributed by atoms with Gasteiger partial charge in [0.2, 0.25) is 0 Å². The van der Waals surface area contributed by atoms with Crippen molar-refractivity contribution in [2.75, 3.05) is 6.54 Å². The second-order valence-electron chi connectivity index (χ2n) is 2.55. The molecule has 0 spiro atoms. The molecule has 1 aliphatic rings. The zero-order chi connectivity index (χ0) is 8.97. The van der Waals surface area contributed by atoms with Gasteiger partial charge in [0.05, 0.1) is 6.42 Å². The van der Waals surface area contributed by atoms with Crippen LogP contribution < -0.4 is 5.32 Å². The zero-order valence-corrected chi connectivity index (χ0v) is 6.71. The van der Waals surface area contributed by atoms with Crippen molar-refractivity contribution in [1.29, 1.82) is 0 Å². The van der Waals surface area contributed by atoms with Crippen molar-refractivity contribution in [3.8, 4) is 0 Å². The highest BCUT2D eigenvalue weighted by Crippen LogP contribution is 2.05. The molecule has 66 valence electrons. The molecule has 12 heavy (non-hydrogen) atoms. The number of amides is 1. The topological polar surface area (TPSA) is 55.4 Å². The first kappa shape index (κ1) is 8.77. The van der Waals surface area contributed by atoms with Gasteiger partial charge in [0.1, 0.15) is 0 Å². The van der Waals surface area contributed by atoms with E-state index in [4.69, 9.17) is 4.74 Å². The standard InChI is InChI=1S/C8H11NO3/c1-2-3-7(10)12-6-4-5-9-8(6)11/h2,6H,1,3-5H2,(H,9,11). The molecule has 0 radical (unpaired) electrons. The second kappa shape index (κ2) is 3.90. The Bertz CT molecular complexity index is 212. The molecule has 4 nitrogen and oxygen atoms in total. The summed E-state index contributed by atoms with van der Waals surface area (Å²) in [6, 6.07) is 0. The summed E-state index contributed by atoms with van der Waals surface area (Å²) < 4.78 is 4.84. The lowest BCUT2D eigenvalue weighted by atomic mass is 10.3. The number of rotatable bonds is 3. The monoisotopic (exact) mass is 169 g/mol. The van der Waals surface area contributed by atoms with Gasteiger partial charge in [-0.3, -0.25) is 9.59 Å². The minimum Gasteiger partial charge on any atom is -0.452 e. The van der Waals surface area contributed by atoms with Crippen LogP contribution in [-0.4, -0.2) is 24.5 Å². The van der Waals surface area contributed by atoms with Crippen LogP contribution in [-0.2, 0) is 14.3 Å². The highest BCUT2D eigenvalue weighted by atomic mass is 16.5. The van der Waals surface area contributed by atoms with Crippen LogP contribution in [0, 0.1) is 0 Å². The van der Waals surface area contributed by atoms with Crippen LogP contribution in [0.2, 0.25) is 0 Å². The maximum atomic E-state index is 10.9. The Morgan fingerprint density at radius 2 is 2.58 bits per heavy atom. The van der Waals surface area contributed by atoms with Gasteiger partial charge in [0.25, 0.3) is 5.91 Å². The van der Waals surface area contributed by atoms with Crippen molar-refractivity contribution in [2.45, 2.75) is 18.9 Å². The van der Waals surface area contributed by atoms with Gasteiger partial charge in [0, 0.05) is 13.0 Å². The lowest BCUT2D eigenvalue weighted by Gasteiger charge is -2.07. The number of hydrogen-bond acceptors (Lipinski definition) is 3. The van der Waals surface area contributed by atoms with Crippen molar-refractivity contribution in [3.05, 3.63) is 12.7 Å². The van der Waals surface area contributed by atoms with E-state index in [1.165, 1.54) is 6.08 Å². The van der Waals surface area contributed by atoms with Crippen molar-refractivity contribution < 1.29 is 14.3 Å². The van der Waals surface area contributed by atoms with Crippen LogP contribution in [0.1, 0.15) is 12.8 Å². The van der Waals surface area contributed by atoms with Gasteiger partial charge >= 0.3 is 5.97 Å². The molecule has 1 aliphatic heterocycles. The Morgan fingerprint density at radius 3 is 3.08 bits per heavy atom. The summed E-state index contributed by atoms with van der Waals surface area (Å²) in [7, 11) is 0. The molecule has 0 bridgehead atoms. The van der Waals surface area contributed by atoms with Gasteiger partial charge in [-0.25, -0.2) is 0 Å². The minimum atomic E-state index is -0.586. The molecule has 0 saturated carbocycles. The predicted octanol–water partition coefficient (Wildman–Crippen LogP) is -0.00580.